The molecular formula is C17H13F2N3OS. The summed E-state index contributed by atoms with van der Waals surface area (Å²) in [5, 5.41) is -0.153. The van der Waals surface area contributed by atoms with Crippen LogP contribution in [0.3, 0.4) is 0 Å². The van der Waals surface area contributed by atoms with Gasteiger partial charge in [0.2, 0.25) is 0 Å². The number of hydrogen-bond donors (Lipinski definition) is 1. The molecule has 0 bridgehead atoms. The molecule has 1 aromatic carbocycles. The van der Waals surface area contributed by atoms with Gasteiger partial charge >= 0.3 is 0 Å². The summed E-state index contributed by atoms with van der Waals surface area (Å²) in [7, 11) is 0. The summed E-state index contributed by atoms with van der Waals surface area (Å²) in [6, 6.07) is 10.2. The number of H-pyrrole nitrogens is 1. The van der Waals surface area contributed by atoms with Gasteiger partial charge in [-0.1, -0.05) is 36.4 Å². The largest absolute Gasteiger partial charge is 0.299 e. The van der Waals surface area contributed by atoms with E-state index in [1.165, 1.54) is 10.6 Å². The van der Waals surface area contributed by atoms with Gasteiger partial charge < -0.3 is 0 Å². The van der Waals surface area contributed by atoms with Crippen molar-refractivity contribution in [1.82, 2.24) is 14.5 Å². The van der Waals surface area contributed by atoms with E-state index in [1.54, 1.807) is 30.3 Å². The Morgan fingerprint density at radius 1 is 1.33 bits per heavy atom. The molecule has 0 fully saturated rings. The molecule has 0 atom stereocenters. The number of rotatable bonds is 4. The number of benzene rings is 1. The number of allylic oxidation sites excluding steroid dienone is 1. The second-order valence-electron chi connectivity index (χ2n) is 5.12. The van der Waals surface area contributed by atoms with E-state index in [0.717, 1.165) is 0 Å². The van der Waals surface area contributed by atoms with Crippen molar-refractivity contribution in [1.29, 1.82) is 0 Å². The fourth-order valence-corrected chi connectivity index (χ4v) is 2.78. The summed E-state index contributed by atoms with van der Waals surface area (Å²) in [6.07, 6.45) is -1.25. The molecule has 3 rings (SSSR count). The van der Waals surface area contributed by atoms with Crippen molar-refractivity contribution in [2.75, 3.05) is 0 Å². The van der Waals surface area contributed by atoms with E-state index in [9.17, 15) is 13.6 Å². The fourth-order valence-electron chi connectivity index (χ4n) is 2.53. The number of hydrogen-bond acceptors (Lipinski definition) is 3. The molecule has 0 aliphatic heterocycles. The monoisotopic (exact) mass is 345 g/mol. The van der Waals surface area contributed by atoms with Gasteiger partial charge in [0.25, 0.3) is 12.0 Å². The standard InChI is InChI=1S/C17H13F2N3OS/c1-2-8-22-15-13(16(23)21-17(22)24)11(14(18)19)9-12(20-15)10-6-4-3-5-7-10/h2-7,9,14H,1,8H2,(H,21,23,24). The molecule has 0 aliphatic rings. The Kier molecular flexibility index (Phi) is 4.35. The fraction of sp³-hybridized carbons (Fsp3) is 0.118. The second-order valence-corrected chi connectivity index (χ2v) is 5.51. The Labute approximate surface area is 141 Å². The molecule has 4 nitrogen and oxygen atoms in total. The normalized spacial score (nSPS) is 11.1. The Morgan fingerprint density at radius 3 is 2.67 bits per heavy atom. The predicted molar refractivity (Wildman–Crippen MR) is 91.8 cm³/mol. The van der Waals surface area contributed by atoms with Crippen LogP contribution in [0.4, 0.5) is 8.78 Å². The van der Waals surface area contributed by atoms with E-state index in [0.29, 0.717) is 11.3 Å². The summed E-state index contributed by atoms with van der Waals surface area (Å²) >= 11 is 5.13. The predicted octanol–water partition coefficient (Wildman–Crippen LogP) is 4.24. The van der Waals surface area contributed by atoms with Crippen molar-refractivity contribution in [2.24, 2.45) is 0 Å². The quantitative estimate of drug-likeness (QED) is 0.568. The molecule has 1 N–H and O–H groups in total. The SMILES string of the molecule is C=CCn1c(=S)[nH]c(=O)c2c(C(F)F)cc(-c3ccccc3)nc21. The highest BCUT2D eigenvalue weighted by Crippen LogP contribution is 2.29. The van der Waals surface area contributed by atoms with E-state index >= 15 is 0 Å². The third kappa shape index (κ3) is 2.78. The van der Waals surface area contributed by atoms with Crippen LogP contribution in [0.25, 0.3) is 22.3 Å². The maximum absolute atomic E-state index is 13.6. The van der Waals surface area contributed by atoms with Gasteiger partial charge in [0.05, 0.1) is 11.1 Å². The summed E-state index contributed by atoms with van der Waals surface area (Å²) in [5.74, 6) is 0. The van der Waals surface area contributed by atoms with Crippen LogP contribution in [-0.2, 0) is 6.54 Å². The van der Waals surface area contributed by atoms with Crippen LogP contribution in [0, 0.1) is 4.77 Å². The van der Waals surface area contributed by atoms with Crippen LogP contribution in [0.2, 0.25) is 0 Å². The third-order valence-corrected chi connectivity index (χ3v) is 3.92. The number of alkyl halides is 2. The molecule has 2 aromatic heterocycles. The number of pyridine rings is 1. The minimum atomic E-state index is -2.81. The second kappa shape index (κ2) is 6.45. The lowest BCUT2D eigenvalue weighted by Gasteiger charge is -2.13. The first kappa shape index (κ1) is 16.2. The molecule has 0 spiro atoms. The number of aromatic amines is 1. The maximum Gasteiger partial charge on any atom is 0.264 e. The number of fused-ring (bicyclic) bond motifs is 1. The molecule has 0 saturated carbocycles. The Bertz CT molecular complexity index is 1030. The van der Waals surface area contributed by atoms with E-state index in [1.807, 2.05) is 6.07 Å². The molecule has 0 radical (unpaired) electrons. The summed E-state index contributed by atoms with van der Waals surface area (Å²) in [4.78, 5) is 19.0. The first-order valence-electron chi connectivity index (χ1n) is 7.15. The van der Waals surface area contributed by atoms with Crippen molar-refractivity contribution >= 4 is 23.3 Å². The lowest BCUT2D eigenvalue weighted by Crippen LogP contribution is -2.17. The number of aromatic nitrogens is 3. The number of nitrogens with zero attached hydrogens (tertiary/aromatic N) is 2. The van der Waals surface area contributed by atoms with E-state index in [2.05, 4.69) is 16.5 Å². The zero-order valence-electron chi connectivity index (χ0n) is 12.5. The van der Waals surface area contributed by atoms with Crippen molar-refractivity contribution in [2.45, 2.75) is 13.0 Å². The molecule has 122 valence electrons. The molecule has 7 heteroatoms. The highest BCUT2D eigenvalue weighted by Gasteiger charge is 2.20. The lowest BCUT2D eigenvalue weighted by atomic mass is 10.1. The zero-order chi connectivity index (χ0) is 17.3. The van der Waals surface area contributed by atoms with Crippen LogP contribution in [0.15, 0.2) is 53.8 Å². The third-order valence-electron chi connectivity index (χ3n) is 3.60. The van der Waals surface area contributed by atoms with Gasteiger partial charge in [-0.3, -0.25) is 14.3 Å². The average molecular weight is 345 g/mol. The van der Waals surface area contributed by atoms with E-state index < -0.39 is 12.0 Å². The highest BCUT2D eigenvalue weighted by molar-refractivity contribution is 7.71. The molecule has 0 saturated heterocycles. The van der Waals surface area contributed by atoms with Crippen molar-refractivity contribution in [3.05, 3.63) is 69.7 Å². The minimum absolute atomic E-state index is 0.116. The van der Waals surface area contributed by atoms with Crippen LogP contribution in [0.1, 0.15) is 12.0 Å². The topological polar surface area (TPSA) is 50.7 Å². The first-order valence-corrected chi connectivity index (χ1v) is 7.56. The molecule has 0 amide bonds. The van der Waals surface area contributed by atoms with Crippen LogP contribution >= 0.6 is 12.2 Å². The molecule has 0 unspecified atom stereocenters. The number of halogens is 2. The average Bonchev–Trinajstić information content (AvgIpc) is 2.58. The number of nitrogens with one attached hydrogen (secondary N) is 1. The molecule has 24 heavy (non-hydrogen) atoms. The van der Waals surface area contributed by atoms with E-state index in [-0.39, 0.29) is 27.9 Å². The smallest absolute Gasteiger partial charge is 0.264 e. The van der Waals surface area contributed by atoms with Gasteiger partial charge in [-0.05, 0) is 18.3 Å². The molecule has 0 aliphatic carbocycles. The Hall–Kier alpha value is -2.67. The van der Waals surface area contributed by atoms with Gasteiger partial charge in [0.1, 0.15) is 5.65 Å². The highest BCUT2D eigenvalue weighted by atomic mass is 32.1. The van der Waals surface area contributed by atoms with Crippen LogP contribution in [-0.4, -0.2) is 14.5 Å². The van der Waals surface area contributed by atoms with Crippen molar-refractivity contribution in [3.63, 3.8) is 0 Å². The summed E-state index contributed by atoms with van der Waals surface area (Å²) in [5.41, 5.74) is 0.125. The maximum atomic E-state index is 13.6. The van der Waals surface area contributed by atoms with Crippen LogP contribution < -0.4 is 5.56 Å². The van der Waals surface area contributed by atoms with Crippen molar-refractivity contribution < 1.29 is 8.78 Å². The van der Waals surface area contributed by atoms with Gasteiger partial charge in [-0.15, -0.1) is 6.58 Å². The Morgan fingerprint density at radius 2 is 2.04 bits per heavy atom. The van der Waals surface area contributed by atoms with Gasteiger partial charge in [-0.25, -0.2) is 13.8 Å². The molecule has 3 aromatic rings. The first-order chi connectivity index (χ1) is 11.5. The minimum Gasteiger partial charge on any atom is -0.299 e. The van der Waals surface area contributed by atoms with Gasteiger partial charge in [0.15, 0.2) is 4.77 Å². The van der Waals surface area contributed by atoms with Crippen molar-refractivity contribution in [3.8, 4) is 11.3 Å². The van der Waals surface area contributed by atoms with E-state index in [4.69, 9.17) is 12.2 Å². The van der Waals surface area contributed by atoms with Gasteiger partial charge in [-0.2, -0.15) is 0 Å². The molecule has 2 heterocycles. The zero-order valence-corrected chi connectivity index (χ0v) is 13.3. The van der Waals surface area contributed by atoms with Crippen LogP contribution in [0.5, 0.6) is 0 Å². The summed E-state index contributed by atoms with van der Waals surface area (Å²) < 4.78 is 28.7. The lowest BCUT2D eigenvalue weighted by molar-refractivity contribution is 0.153. The Balaban J connectivity index is 2.47. The molecular weight excluding hydrogens is 332 g/mol. The summed E-state index contributed by atoms with van der Waals surface area (Å²) in [6.45, 7) is 3.88. The van der Waals surface area contributed by atoms with Gasteiger partial charge in [0, 0.05) is 17.7 Å².